The maximum absolute atomic E-state index is 5.63. The van der Waals surface area contributed by atoms with Crippen LogP contribution in [0.1, 0.15) is 23.3 Å². The van der Waals surface area contributed by atoms with E-state index in [0.29, 0.717) is 6.04 Å². The first-order valence-electron chi connectivity index (χ1n) is 6.89. The molecule has 1 fully saturated rings. The summed E-state index contributed by atoms with van der Waals surface area (Å²) >= 11 is 7.42. The van der Waals surface area contributed by atoms with Gasteiger partial charge in [0.2, 0.25) is 0 Å². The molecule has 0 spiro atoms. The average Bonchev–Trinajstić information content (AvgIpc) is 3.15. The molecule has 1 aliphatic rings. The fourth-order valence-electron chi connectivity index (χ4n) is 2.22. The van der Waals surface area contributed by atoms with Crippen LogP contribution >= 0.6 is 23.6 Å². The van der Waals surface area contributed by atoms with Gasteiger partial charge in [-0.3, -0.25) is 0 Å². The molecular formula is C16H18N2S2. The summed E-state index contributed by atoms with van der Waals surface area (Å²) in [5.41, 5.74) is 2.33. The van der Waals surface area contributed by atoms with Crippen molar-refractivity contribution in [1.29, 1.82) is 0 Å². The first-order valence-corrected chi connectivity index (χ1v) is 8.18. The number of benzene rings is 1. The largest absolute Gasteiger partial charge is 0.341 e. The van der Waals surface area contributed by atoms with Gasteiger partial charge in [-0.25, -0.2) is 0 Å². The van der Waals surface area contributed by atoms with Gasteiger partial charge in [0, 0.05) is 16.6 Å². The van der Waals surface area contributed by atoms with Crippen LogP contribution < -0.4 is 5.32 Å². The van der Waals surface area contributed by atoms with Gasteiger partial charge in [-0.1, -0.05) is 24.3 Å². The van der Waals surface area contributed by atoms with Crippen molar-refractivity contribution >= 4 is 34.4 Å². The third-order valence-corrected chi connectivity index (χ3v) is 4.74. The molecule has 2 nitrogen and oxygen atoms in total. The van der Waals surface area contributed by atoms with Gasteiger partial charge in [-0.15, -0.1) is 11.3 Å². The smallest absolute Gasteiger partial charge is 0.174 e. The zero-order valence-electron chi connectivity index (χ0n) is 11.5. The second-order valence-electron chi connectivity index (χ2n) is 5.18. The highest BCUT2D eigenvalue weighted by Crippen LogP contribution is 2.30. The Morgan fingerprint density at radius 1 is 1.30 bits per heavy atom. The number of thiophene rings is 1. The van der Waals surface area contributed by atoms with Crippen LogP contribution in [0.5, 0.6) is 0 Å². The van der Waals surface area contributed by atoms with E-state index < -0.39 is 0 Å². The molecule has 4 heteroatoms. The van der Waals surface area contributed by atoms with E-state index in [9.17, 15) is 0 Å². The fourth-order valence-corrected chi connectivity index (χ4v) is 3.25. The molecule has 0 bridgehead atoms. The van der Waals surface area contributed by atoms with Gasteiger partial charge in [0.05, 0.1) is 6.54 Å². The Labute approximate surface area is 129 Å². The molecular weight excluding hydrogens is 284 g/mol. The predicted octanol–water partition coefficient (Wildman–Crippen LogP) is 4.42. The molecule has 3 rings (SSSR count). The Bertz CT molecular complexity index is 588. The highest BCUT2D eigenvalue weighted by atomic mass is 32.1. The molecule has 2 aromatic rings. The summed E-state index contributed by atoms with van der Waals surface area (Å²) in [6.07, 6.45) is 2.50. The van der Waals surface area contributed by atoms with Crippen molar-refractivity contribution in [3.8, 4) is 0 Å². The van der Waals surface area contributed by atoms with Gasteiger partial charge in [-0.05, 0) is 55.1 Å². The van der Waals surface area contributed by atoms with Crippen molar-refractivity contribution in [2.45, 2.75) is 32.4 Å². The summed E-state index contributed by atoms with van der Waals surface area (Å²) in [5, 5.41) is 6.37. The molecule has 0 radical (unpaired) electrons. The molecule has 1 saturated carbocycles. The molecule has 0 unspecified atom stereocenters. The molecule has 1 aromatic carbocycles. The van der Waals surface area contributed by atoms with E-state index in [1.165, 1.54) is 23.3 Å². The molecule has 0 aliphatic heterocycles. The summed E-state index contributed by atoms with van der Waals surface area (Å²) in [6, 6.07) is 13.2. The highest BCUT2D eigenvalue weighted by Gasteiger charge is 2.31. The lowest BCUT2D eigenvalue weighted by Crippen LogP contribution is -2.35. The number of hydrogen-bond acceptors (Lipinski definition) is 2. The summed E-state index contributed by atoms with van der Waals surface area (Å²) in [6.45, 7) is 3.02. The zero-order chi connectivity index (χ0) is 13.9. The topological polar surface area (TPSA) is 15.3 Å². The van der Waals surface area contributed by atoms with E-state index in [0.717, 1.165) is 17.3 Å². The maximum Gasteiger partial charge on any atom is 0.174 e. The first kappa shape index (κ1) is 13.6. The number of nitrogens with zero attached hydrogens (tertiary/aromatic N) is 1. The minimum atomic E-state index is 0.612. The minimum absolute atomic E-state index is 0.612. The number of thiocarbonyl (C=S) groups is 1. The normalized spacial score (nSPS) is 14.1. The predicted molar refractivity (Wildman–Crippen MR) is 90.3 cm³/mol. The van der Waals surface area contributed by atoms with Crippen LogP contribution in [0.15, 0.2) is 41.8 Å². The van der Waals surface area contributed by atoms with Crippen LogP contribution in [0.2, 0.25) is 0 Å². The Morgan fingerprint density at radius 2 is 2.10 bits per heavy atom. The molecule has 0 atom stereocenters. The van der Waals surface area contributed by atoms with Gasteiger partial charge in [-0.2, -0.15) is 0 Å². The molecule has 20 heavy (non-hydrogen) atoms. The third kappa shape index (κ3) is 3.19. The van der Waals surface area contributed by atoms with Crippen LogP contribution in [0.25, 0.3) is 0 Å². The maximum atomic E-state index is 5.63. The summed E-state index contributed by atoms with van der Waals surface area (Å²) in [4.78, 5) is 3.69. The van der Waals surface area contributed by atoms with Crippen LogP contribution in [0.4, 0.5) is 5.69 Å². The highest BCUT2D eigenvalue weighted by molar-refractivity contribution is 7.80. The molecule has 104 valence electrons. The van der Waals surface area contributed by atoms with Crippen molar-refractivity contribution in [2.75, 3.05) is 5.32 Å². The summed E-state index contributed by atoms with van der Waals surface area (Å²) < 4.78 is 0. The Balaban J connectivity index is 1.71. The van der Waals surface area contributed by atoms with Gasteiger partial charge in [0.25, 0.3) is 0 Å². The molecule has 0 amide bonds. The van der Waals surface area contributed by atoms with Crippen molar-refractivity contribution in [3.05, 3.63) is 52.2 Å². The quantitative estimate of drug-likeness (QED) is 0.842. The lowest BCUT2D eigenvalue weighted by Gasteiger charge is -2.25. The number of nitrogens with one attached hydrogen (secondary N) is 1. The van der Waals surface area contributed by atoms with E-state index in [4.69, 9.17) is 12.2 Å². The number of anilines is 1. The number of para-hydroxylation sites is 1. The van der Waals surface area contributed by atoms with Gasteiger partial charge in [0.15, 0.2) is 5.11 Å². The number of hydrogen-bond donors (Lipinski definition) is 1. The van der Waals surface area contributed by atoms with Gasteiger partial charge < -0.3 is 10.2 Å². The van der Waals surface area contributed by atoms with Crippen LogP contribution in [-0.4, -0.2) is 16.1 Å². The lowest BCUT2D eigenvalue weighted by atomic mass is 10.2. The van der Waals surface area contributed by atoms with Crippen molar-refractivity contribution in [3.63, 3.8) is 0 Å². The standard InChI is InChI=1S/C16H18N2S2/c1-12-5-2-3-7-15(12)17-16(19)18(13-8-9-13)11-14-6-4-10-20-14/h2-7,10,13H,8-9,11H2,1H3,(H,17,19). The van der Waals surface area contributed by atoms with Crippen molar-refractivity contribution in [2.24, 2.45) is 0 Å². The first-order chi connectivity index (χ1) is 9.74. The monoisotopic (exact) mass is 302 g/mol. The van der Waals surface area contributed by atoms with E-state index >= 15 is 0 Å². The van der Waals surface area contributed by atoms with Crippen molar-refractivity contribution < 1.29 is 0 Å². The third-order valence-electron chi connectivity index (χ3n) is 3.54. The number of aryl methyl sites for hydroxylation is 1. The number of rotatable bonds is 4. The fraction of sp³-hybridized carbons (Fsp3) is 0.312. The van der Waals surface area contributed by atoms with E-state index in [2.05, 4.69) is 46.8 Å². The summed E-state index contributed by atoms with van der Waals surface area (Å²) in [7, 11) is 0. The van der Waals surface area contributed by atoms with E-state index in [-0.39, 0.29) is 0 Å². The van der Waals surface area contributed by atoms with Crippen LogP contribution in [0, 0.1) is 6.92 Å². The Morgan fingerprint density at radius 3 is 2.75 bits per heavy atom. The minimum Gasteiger partial charge on any atom is -0.341 e. The molecule has 1 aromatic heterocycles. The van der Waals surface area contributed by atoms with Crippen LogP contribution in [0.3, 0.4) is 0 Å². The summed E-state index contributed by atoms with van der Waals surface area (Å²) in [5.74, 6) is 0. The average molecular weight is 302 g/mol. The van der Waals surface area contributed by atoms with E-state index in [1.54, 1.807) is 11.3 Å². The van der Waals surface area contributed by atoms with Crippen molar-refractivity contribution in [1.82, 2.24) is 4.90 Å². The molecule has 1 aliphatic carbocycles. The second kappa shape index (κ2) is 5.94. The van der Waals surface area contributed by atoms with E-state index in [1.807, 2.05) is 12.1 Å². The molecule has 1 N–H and O–H groups in total. The Hall–Kier alpha value is -1.39. The lowest BCUT2D eigenvalue weighted by molar-refractivity contribution is 0.413. The van der Waals surface area contributed by atoms with Gasteiger partial charge in [0.1, 0.15) is 0 Å². The molecule has 0 saturated heterocycles. The zero-order valence-corrected chi connectivity index (χ0v) is 13.1. The second-order valence-corrected chi connectivity index (χ2v) is 6.60. The SMILES string of the molecule is Cc1ccccc1NC(=S)N(Cc1cccs1)C1CC1. The van der Waals surface area contributed by atoms with Gasteiger partial charge >= 0.3 is 0 Å². The molecule has 1 heterocycles. The van der Waals surface area contributed by atoms with Crippen LogP contribution in [-0.2, 0) is 6.54 Å². The Kier molecular flexibility index (Phi) is 4.03.